The fourth-order valence-corrected chi connectivity index (χ4v) is 2.18. The van der Waals surface area contributed by atoms with Crippen molar-refractivity contribution >= 4 is 17.3 Å². The molecule has 0 aliphatic rings. The molecule has 5 nitrogen and oxygen atoms in total. The number of anilines is 2. The van der Waals surface area contributed by atoms with Gasteiger partial charge in [0.05, 0.1) is 23.0 Å². The predicted octanol–water partition coefficient (Wildman–Crippen LogP) is 3.79. The average Bonchev–Trinajstić information content (AvgIpc) is 2.56. The molecule has 0 radical (unpaired) electrons. The molecular formula is C19H21N3O2. The number of nitrogens with zero attached hydrogens (tertiary/aromatic N) is 1. The van der Waals surface area contributed by atoms with Crippen LogP contribution in [0, 0.1) is 11.3 Å². The summed E-state index contributed by atoms with van der Waals surface area (Å²) in [4.78, 5) is 12.1. The number of carbonyl (C=O) groups excluding carboxylic acids is 1. The summed E-state index contributed by atoms with van der Waals surface area (Å²) >= 11 is 0. The number of ether oxygens (including phenoxy) is 1. The second kappa shape index (κ2) is 8.59. The molecule has 1 amide bonds. The van der Waals surface area contributed by atoms with Crippen LogP contribution in [0.25, 0.3) is 0 Å². The third-order valence-electron chi connectivity index (χ3n) is 3.24. The molecule has 2 aromatic rings. The molecule has 0 aliphatic heterocycles. The van der Waals surface area contributed by atoms with Crippen LogP contribution in [0.5, 0.6) is 5.75 Å². The molecular weight excluding hydrogens is 302 g/mol. The molecule has 0 aliphatic carbocycles. The smallest absolute Gasteiger partial charge is 0.226 e. The van der Waals surface area contributed by atoms with Crippen LogP contribution >= 0.6 is 0 Å². The molecule has 0 fully saturated rings. The van der Waals surface area contributed by atoms with Crippen LogP contribution in [0.1, 0.15) is 25.8 Å². The van der Waals surface area contributed by atoms with E-state index >= 15 is 0 Å². The quantitative estimate of drug-likeness (QED) is 0.813. The van der Waals surface area contributed by atoms with Crippen molar-refractivity contribution in [2.75, 3.05) is 17.2 Å². The number of amides is 1. The van der Waals surface area contributed by atoms with Crippen LogP contribution < -0.4 is 15.4 Å². The van der Waals surface area contributed by atoms with E-state index in [1.165, 1.54) is 0 Å². The number of nitrogens with one attached hydrogen (secondary N) is 2. The Morgan fingerprint density at radius 3 is 2.50 bits per heavy atom. The maximum Gasteiger partial charge on any atom is 0.226 e. The molecule has 24 heavy (non-hydrogen) atoms. The molecule has 2 rings (SSSR count). The second-order valence-electron chi connectivity index (χ2n) is 5.55. The van der Waals surface area contributed by atoms with E-state index in [9.17, 15) is 4.79 Å². The van der Waals surface area contributed by atoms with Gasteiger partial charge in [-0.2, -0.15) is 5.26 Å². The molecule has 0 unspecified atom stereocenters. The minimum atomic E-state index is -0.114. The molecule has 5 heteroatoms. The van der Waals surface area contributed by atoms with E-state index in [2.05, 4.69) is 16.7 Å². The lowest BCUT2D eigenvalue weighted by Crippen LogP contribution is -2.17. The molecule has 0 saturated carbocycles. The summed E-state index contributed by atoms with van der Waals surface area (Å²) in [5, 5.41) is 15.0. The van der Waals surface area contributed by atoms with Crippen LogP contribution in [0.4, 0.5) is 11.4 Å². The Balaban J connectivity index is 1.89. The van der Waals surface area contributed by atoms with Gasteiger partial charge in [0.15, 0.2) is 0 Å². The lowest BCUT2D eigenvalue weighted by Gasteiger charge is -2.15. The minimum Gasteiger partial charge on any atom is -0.489 e. The fraction of sp³-hybridized carbons (Fsp3) is 0.263. The molecule has 124 valence electrons. The van der Waals surface area contributed by atoms with Crippen LogP contribution in [0.15, 0.2) is 48.5 Å². The lowest BCUT2D eigenvalue weighted by molar-refractivity contribution is -0.116. The van der Waals surface area contributed by atoms with Crippen LogP contribution in [0.3, 0.4) is 0 Å². The van der Waals surface area contributed by atoms with E-state index < -0.39 is 0 Å². The number of para-hydroxylation sites is 3. The predicted molar refractivity (Wildman–Crippen MR) is 95.1 cm³/mol. The topological polar surface area (TPSA) is 74.2 Å². The Bertz CT molecular complexity index is 735. The van der Waals surface area contributed by atoms with Crippen molar-refractivity contribution in [2.24, 2.45) is 0 Å². The fourth-order valence-electron chi connectivity index (χ4n) is 2.18. The summed E-state index contributed by atoms with van der Waals surface area (Å²) in [6.07, 6.45) is 0.322. The summed E-state index contributed by atoms with van der Waals surface area (Å²) in [6, 6.07) is 16.7. The van der Waals surface area contributed by atoms with Crippen molar-refractivity contribution in [3.05, 3.63) is 54.1 Å². The van der Waals surface area contributed by atoms with Gasteiger partial charge >= 0.3 is 0 Å². The Morgan fingerprint density at radius 1 is 1.12 bits per heavy atom. The third-order valence-corrected chi connectivity index (χ3v) is 3.24. The van der Waals surface area contributed by atoms with Gasteiger partial charge in [0.1, 0.15) is 11.8 Å². The highest BCUT2D eigenvalue weighted by Gasteiger charge is 2.09. The zero-order valence-electron chi connectivity index (χ0n) is 13.9. The Hall–Kier alpha value is -3.00. The van der Waals surface area contributed by atoms with Gasteiger partial charge in [0, 0.05) is 13.0 Å². The summed E-state index contributed by atoms with van der Waals surface area (Å²) in [6.45, 7) is 4.32. The van der Waals surface area contributed by atoms with Crippen LogP contribution in [-0.4, -0.2) is 18.6 Å². The Labute approximate surface area is 142 Å². The highest BCUT2D eigenvalue weighted by Crippen LogP contribution is 2.25. The number of benzene rings is 2. The zero-order chi connectivity index (χ0) is 17.4. The molecule has 0 bridgehead atoms. The van der Waals surface area contributed by atoms with Crippen molar-refractivity contribution in [1.29, 1.82) is 5.26 Å². The van der Waals surface area contributed by atoms with Gasteiger partial charge in [0.25, 0.3) is 0 Å². The van der Waals surface area contributed by atoms with E-state index in [1.54, 1.807) is 6.07 Å². The molecule has 0 heterocycles. The summed E-state index contributed by atoms with van der Waals surface area (Å²) in [7, 11) is 0. The molecule has 0 aromatic heterocycles. The second-order valence-corrected chi connectivity index (χ2v) is 5.55. The maximum atomic E-state index is 12.1. The maximum absolute atomic E-state index is 12.1. The molecule has 2 aromatic carbocycles. The molecule has 0 spiro atoms. The van der Waals surface area contributed by atoms with Gasteiger partial charge in [-0.15, -0.1) is 0 Å². The number of carbonyl (C=O) groups is 1. The first-order valence-electron chi connectivity index (χ1n) is 7.88. The largest absolute Gasteiger partial charge is 0.489 e. The standard InChI is InChI=1S/C19H21N3O2/c1-14(2)24-18-10-6-5-9-17(18)22-19(23)11-12-21-16-8-4-3-7-15(16)13-20/h3-10,14,21H,11-12H2,1-2H3,(H,22,23). The third kappa shape index (κ3) is 5.03. The number of hydrogen-bond acceptors (Lipinski definition) is 4. The van der Waals surface area contributed by atoms with Crippen molar-refractivity contribution < 1.29 is 9.53 Å². The normalized spacial score (nSPS) is 10.1. The van der Waals surface area contributed by atoms with Crippen molar-refractivity contribution in [1.82, 2.24) is 0 Å². The van der Waals surface area contributed by atoms with Gasteiger partial charge in [0.2, 0.25) is 5.91 Å². The van der Waals surface area contributed by atoms with Gasteiger partial charge in [-0.3, -0.25) is 4.79 Å². The van der Waals surface area contributed by atoms with Crippen molar-refractivity contribution in [3.8, 4) is 11.8 Å². The van der Waals surface area contributed by atoms with Gasteiger partial charge in [-0.05, 0) is 38.1 Å². The highest BCUT2D eigenvalue weighted by molar-refractivity contribution is 5.92. The van der Waals surface area contributed by atoms with Crippen LogP contribution in [-0.2, 0) is 4.79 Å². The van der Waals surface area contributed by atoms with E-state index in [0.717, 1.165) is 5.69 Å². The van der Waals surface area contributed by atoms with E-state index in [1.807, 2.05) is 56.3 Å². The summed E-state index contributed by atoms with van der Waals surface area (Å²) in [5.74, 6) is 0.542. The average molecular weight is 323 g/mol. The van der Waals surface area contributed by atoms with Crippen molar-refractivity contribution in [2.45, 2.75) is 26.4 Å². The first-order chi connectivity index (χ1) is 11.6. The van der Waals surface area contributed by atoms with E-state index in [4.69, 9.17) is 10.00 Å². The number of nitriles is 1. The SMILES string of the molecule is CC(C)Oc1ccccc1NC(=O)CCNc1ccccc1C#N. The highest BCUT2D eigenvalue weighted by atomic mass is 16.5. The summed E-state index contributed by atoms with van der Waals surface area (Å²) < 4.78 is 5.68. The first-order valence-corrected chi connectivity index (χ1v) is 7.88. The Morgan fingerprint density at radius 2 is 1.79 bits per heavy atom. The molecule has 0 atom stereocenters. The Kier molecular flexibility index (Phi) is 6.21. The van der Waals surface area contributed by atoms with Crippen molar-refractivity contribution in [3.63, 3.8) is 0 Å². The zero-order valence-corrected chi connectivity index (χ0v) is 13.9. The van der Waals surface area contributed by atoms with Gasteiger partial charge in [-0.25, -0.2) is 0 Å². The van der Waals surface area contributed by atoms with Gasteiger partial charge < -0.3 is 15.4 Å². The van der Waals surface area contributed by atoms with E-state index in [-0.39, 0.29) is 18.4 Å². The molecule has 2 N–H and O–H groups in total. The molecule has 0 saturated heterocycles. The van der Waals surface area contributed by atoms with E-state index in [0.29, 0.717) is 23.5 Å². The summed E-state index contributed by atoms with van der Waals surface area (Å²) in [5.41, 5.74) is 1.96. The minimum absolute atomic E-state index is 0.0344. The van der Waals surface area contributed by atoms with Gasteiger partial charge in [-0.1, -0.05) is 24.3 Å². The number of hydrogen-bond donors (Lipinski definition) is 2. The monoisotopic (exact) mass is 323 g/mol. The van der Waals surface area contributed by atoms with Crippen LogP contribution in [0.2, 0.25) is 0 Å². The first kappa shape index (κ1) is 17.4. The number of rotatable bonds is 7. The lowest BCUT2D eigenvalue weighted by atomic mass is 10.2.